The van der Waals surface area contributed by atoms with E-state index in [0.29, 0.717) is 0 Å². The third-order valence-corrected chi connectivity index (χ3v) is 3.89. The molecule has 0 unspecified atom stereocenters. The van der Waals surface area contributed by atoms with Crippen molar-refractivity contribution in [3.8, 4) is 0 Å². The van der Waals surface area contributed by atoms with Gasteiger partial charge in [-0.05, 0) is 6.92 Å². The molecule has 25 heavy (non-hydrogen) atoms. The zero-order valence-corrected chi connectivity index (χ0v) is 13.8. The molecule has 0 aromatic carbocycles. The molecule has 1 saturated heterocycles. The van der Waals surface area contributed by atoms with Crippen molar-refractivity contribution in [1.29, 1.82) is 0 Å². The Morgan fingerprint density at radius 3 is 2.32 bits per heavy atom. The van der Waals surface area contributed by atoms with E-state index in [0.717, 1.165) is 6.92 Å². The summed E-state index contributed by atoms with van der Waals surface area (Å²) in [7, 11) is 0. The summed E-state index contributed by atoms with van der Waals surface area (Å²) in [6.45, 7) is 1.64. The van der Waals surface area contributed by atoms with E-state index in [4.69, 9.17) is 14.6 Å². The average Bonchev–Trinajstić information content (AvgIpc) is 2.58. The lowest BCUT2D eigenvalue weighted by Gasteiger charge is -2.41. The summed E-state index contributed by atoms with van der Waals surface area (Å²) < 4.78 is 10.4. The first-order valence-corrected chi connectivity index (χ1v) is 7.68. The molecule has 1 aliphatic rings. The van der Waals surface area contributed by atoms with Gasteiger partial charge in [0.05, 0.1) is 12.7 Å². The molecule has 1 aliphatic heterocycles. The highest BCUT2D eigenvalue weighted by atomic mass is 16.7. The second-order valence-corrected chi connectivity index (χ2v) is 5.88. The molecule has 1 rings (SSSR count). The van der Waals surface area contributed by atoms with Crippen LogP contribution in [0, 0.1) is 0 Å². The Hall–Kier alpha value is -1.18. The van der Waals surface area contributed by atoms with Crippen LogP contribution in [0.5, 0.6) is 0 Å². The Bertz CT molecular complexity index is 449. The van der Waals surface area contributed by atoms with Crippen LogP contribution in [0.3, 0.4) is 0 Å². The normalized spacial score (nSPS) is 34.6. The molecule has 0 aliphatic carbocycles. The number of carbonyl (C=O) groups excluding carboxylic acids is 2. The summed E-state index contributed by atoms with van der Waals surface area (Å²) in [4.78, 5) is 22.2. The predicted molar refractivity (Wildman–Crippen MR) is 80.0 cm³/mol. The number of aliphatic hydroxyl groups excluding tert-OH is 6. The summed E-state index contributed by atoms with van der Waals surface area (Å²) in [5.74, 6) is -0.630. The van der Waals surface area contributed by atoms with Gasteiger partial charge in [0.25, 0.3) is 0 Å². The van der Waals surface area contributed by atoms with E-state index < -0.39 is 67.6 Å². The van der Waals surface area contributed by atoms with Crippen LogP contribution >= 0.6 is 0 Å². The lowest BCUT2D eigenvalue weighted by molar-refractivity contribution is -0.318. The number of carbonyl (C=O) groups is 2. The van der Waals surface area contributed by atoms with Crippen molar-refractivity contribution in [2.75, 3.05) is 6.61 Å². The first-order valence-electron chi connectivity index (χ1n) is 7.68. The Balaban J connectivity index is 2.95. The van der Waals surface area contributed by atoms with Gasteiger partial charge in [0, 0.05) is 6.92 Å². The molecule has 11 heteroatoms. The lowest BCUT2D eigenvalue weighted by atomic mass is 9.98. The van der Waals surface area contributed by atoms with Crippen LogP contribution in [0.2, 0.25) is 0 Å². The van der Waals surface area contributed by atoms with Crippen molar-refractivity contribution in [1.82, 2.24) is 5.32 Å². The van der Waals surface area contributed by atoms with Crippen LogP contribution in [0.15, 0.2) is 0 Å². The summed E-state index contributed by atoms with van der Waals surface area (Å²) in [5.41, 5.74) is 0. The van der Waals surface area contributed by atoms with E-state index in [2.05, 4.69) is 5.32 Å². The van der Waals surface area contributed by atoms with E-state index in [-0.39, 0.29) is 6.29 Å². The molecule has 7 N–H and O–H groups in total. The van der Waals surface area contributed by atoms with E-state index >= 15 is 0 Å². The minimum atomic E-state index is -1.79. The fourth-order valence-corrected chi connectivity index (χ4v) is 2.42. The second kappa shape index (κ2) is 9.50. The molecule has 0 radical (unpaired) electrons. The summed E-state index contributed by atoms with van der Waals surface area (Å²) in [6.07, 6.45) is -12.2. The van der Waals surface area contributed by atoms with Gasteiger partial charge in [0.1, 0.15) is 49.0 Å². The minimum absolute atomic E-state index is 0.214. The predicted octanol–water partition coefficient (Wildman–Crippen LogP) is -4.38. The molecular weight excluding hydrogens is 342 g/mol. The first-order chi connectivity index (χ1) is 11.6. The standard InChI is InChI=1S/C14H25NO10/c1-5-9(20)11(22)12(23)14(24-5)25-13(8(19)4-17)10(21)7(3-16)15-6(2)18/h3,5,7-14,17,19-23H,4H2,1-2H3,(H,15,18)/t5-,7+,8-,9+,10-,11+,12-,13-,14+/m1/s1. The Morgan fingerprint density at radius 1 is 1.24 bits per heavy atom. The highest BCUT2D eigenvalue weighted by Crippen LogP contribution is 2.24. The Morgan fingerprint density at radius 2 is 1.84 bits per heavy atom. The van der Waals surface area contributed by atoms with Gasteiger partial charge in [-0.2, -0.15) is 0 Å². The second-order valence-electron chi connectivity index (χ2n) is 5.88. The van der Waals surface area contributed by atoms with Crippen LogP contribution in [-0.2, 0) is 19.1 Å². The van der Waals surface area contributed by atoms with Crippen LogP contribution in [0.1, 0.15) is 13.8 Å². The van der Waals surface area contributed by atoms with Gasteiger partial charge in [0.15, 0.2) is 6.29 Å². The molecule has 146 valence electrons. The third kappa shape index (κ3) is 5.39. The number of nitrogens with one attached hydrogen (secondary N) is 1. The SMILES string of the molecule is CC(=O)N[C@@H](C=O)[C@@H](O)[C@H](O[C@@H]1O[C@H](C)[C@H](O)[C@H](O)[C@H]1O)[C@H](O)CO. The topological polar surface area (TPSA) is 186 Å². The minimum Gasteiger partial charge on any atom is -0.394 e. The van der Waals surface area contributed by atoms with Gasteiger partial charge in [-0.3, -0.25) is 4.79 Å². The highest BCUT2D eigenvalue weighted by Gasteiger charge is 2.45. The number of amides is 1. The van der Waals surface area contributed by atoms with Crippen molar-refractivity contribution in [3.63, 3.8) is 0 Å². The molecule has 1 heterocycles. The zero-order chi connectivity index (χ0) is 19.3. The molecule has 0 aromatic heterocycles. The van der Waals surface area contributed by atoms with Gasteiger partial charge < -0.3 is 50.2 Å². The lowest BCUT2D eigenvalue weighted by Crippen LogP contribution is -2.61. The molecule has 0 spiro atoms. The van der Waals surface area contributed by atoms with Crippen LogP contribution in [0.25, 0.3) is 0 Å². The average molecular weight is 367 g/mol. The van der Waals surface area contributed by atoms with Crippen molar-refractivity contribution >= 4 is 12.2 Å². The summed E-state index contributed by atoms with van der Waals surface area (Å²) >= 11 is 0. The Kier molecular flexibility index (Phi) is 8.31. The summed E-state index contributed by atoms with van der Waals surface area (Å²) in [6, 6.07) is -1.46. The molecule has 11 nitrogen and oxygen atoms in total. The number of hydrogen-bond donors (Lipinski definition) is 7. The van der Waals surface area contributed by atoms with Crippen molar-refractivity contribution < 1.29 is 49.7 Å². The quantitative estimate of drug-likeness (QED) is 0.207. The van der Waals surface area contributed by atoms with Gasteiger partial charge in [0.2, 0.25) is 5.91 Å². The van der Waals surface area contributed by atoms with E-state index in [1.807, 2.05) is 0 Å². The number of aliphatic hydroxyl groups is 6. The van der Waals surface area contributed by atoms with Crippen molar-refractivity contribution in [2.24, 2.45) is 0 Å². The molecular formula is C14H25NO10. The van der Waals surface area contributed by atoms with Gasteiger partial charge in [-0.25, -0.2) is 0 Å². The molecule has 0 aromatic rings. The van der Waals surface area contributed by atoms with E-state index in [9.17, 15) is 35.1 Å². The van der Waals surface area contributed by atoms with E-state index in [1.54, 1.807) is 0 Å². The third-order valence-electron chi connectivity index (χ3n) is 3.89. The van der Waals surface area contributed by atoms with Crippen LogP contribution < -0.4 is 5.32 Å². The number of aldehydes is 1. The monoisotopic (exact) mass is 367 g/mol. The van der Waals surface area contributed by atoms with Crippen molar-refractivity contribution in [3.05, 3.63) is 0 Å². The van der Waals surface area contributed by atoms with Gasteiger partial charge in [-0.1, -0.05) is 0 Å². The maximum absolute atomic E-state index is 11.1. The van der Waals surface area contributed by atoms with E-state index in [1.165, 1.54) is 6.92 Å². The van der Waals surface area contributed by atoms with Gasteiger partial charge >= 0.3 is 0 Å². The zero-order valence-electron chi connectivity index (χ0n) is 13.8. The molecule has 9 atom stereocenters. The molecule has 1 amide bonds. The number of rotatable bonds is 8. The number of hydrogen-bond acceptors (Lipinski definition) is 10. The maximum Gasteiger partial charge on any atom is 0.217 e. The molecule has 0 bridgehead atoms. The fraction of sp³-hybridized carbons (Fsp3) is 0.857. The number of ether oxygens (including phenoxy) is 2. The maximum atomic E-state index is 11.1. The first kappa shape index (κ1) is 21.9. The Labute approximate surface area is 143 Å². The molecule has 0 saturated carbocycles. The van der Waals surface area contributed by atoms with Crippen molar-refractivity contribution in [2.45, 2.75) is 68.9 Å². The smallest absolute Gasteiger partial charge is 0.217 e. The van der Waals surface area contributed by atoms with Crippen LogP contribution in [-0.4, -0.2) is 104 Å². The molecule has 1 fully saturated rings. The fourth-order valence-electron chi connectivity index (χ4n) is 2.42. The summed E-state index contributed by atoms with van der Waals surface area (Å²) in [5, 5.41) is 60.7. The largest absolute Gasteiger partial charge is 0.394 e. The van der Waals surface area contributed by atoms with Crippen LogP contribution in [0.4, 0.5) is 0 Å². The van der Waals surface area contributed by atoms with Gasteiger partial charge in [-0.15, -0.1) is 0 Å². The highest BCUT2D eigenvalue weighted by molar-refractivity contribution is 5.77.